The second-order valence-corrected chi connectivity index (χ2v) is 6.30. The second-order valence-electron chi connectivity index (χ2n) is 5.05. The monoisotopic (exact) mass is 237 g/mol. The molecule has 0 saturated heterocycles. The van der Waals surface area contributed by atoms with Gasteiger partial charge in [-0.05, 0) is 56.7 Å². The molecule has 0 radical (unpaired) electrons. The third kappa shape index (κ3) is 3.91. The van der Waals surface area contributed by atoms with Gasteiger partial charge in [0.05, 0.1) is 0 Å². The summed E-state index contributed by atoms with van der Waals surface area (Å²) >= 11 is 1.99. The lowest BCUT2D eigenvalue weighted by Crippen LogP contribution is -2.23. The van der Waals surface area contributed by atoms with Crippen molar-refractivity contribution < 1.29 is 0 Å². The molecule has 0 aliphatic heterocycles. The summed E-state index contributed by atoms with van der Waals surface area (Å²) < 4.78 is 0. The Morgan fingerprint density at radius 1 is 1.38 bits per heavy atom. The van der Waals surface area contributed by atoms with Crippen LogP contribution in [0.3, 0.4) is 0 Å². The molecule has 0 aromatic carbocycles. The van der Waals surface area contributed by atoms with Crippen LogP contribution in [0.15, 0.2) is 12.1 Å². The molecule has 0 amide bonds. The first-order valence-corrected chi connectivity index (χ1v) is 7.40. The molecular formula is C14H23NS. The molecule has 1 atom stereocenters. The van der Waals surface area contributed by atoms with Gasteiger partial charge < -0.3 is 5.32 Å². The fourth-order valence-electron chi connectivity index (χ4n) is 1.89. The van der Waals surface area contributed by atoms with Gasteiger partial charge in [0.25, 0.3) is 0 Å². The maximum Gasteiger partial charge on any atom is 0.00683 e. The molecule has 0 bridgehead atoms. The van der Waals surface area contributed by atoms with E-state index in [0.29, 0.717) is 0 Å². The van der Waals surface area contributed by atoms with Crippen LogP contribution in [0, 0.1) is 5.92 Å². The van der Waals surface area contributed by atoms with Gasteiger partial charge in [-0.2, -0.15) is 0 Å². The molecule has 1 aromatic heterocycles. The molecule has 1 aliphatic carbocycles. The zero-order chi connectivity index (χ0) is 11.4. The molecule has 1 aromatic rings. The summed E-state index contributed by atoms with van der Waals surface area (Å²) in [6.45, 7) is 5.80. The van der Waals surface area contributed by atoms with E-state index in [2.05, 4.69) is 31.3 Å². The Balaban J connectivity index is 1.64. The smallest absolute Gasteiger partial charge is 0.00683 e. The van der Waals surface area contributed by atoms with Crippen molar-refractivity contribution >= 4 is 11.3 Å². The van der Waals surface area contributed by atoms with E-state index in [9.17, 15) is 0 Å². The lowest BCUT2D eigenvalue weighted by molar-refractivity contribution is 0.481. The number of rotatable bonds is 7. The molecule has 1 saturated carbocycles. The SMILES string of the molecule is CCc1ccc(CCC(C)CNC2CC2)s1. The Morgan fingerprint density at radius 2 is 2.12 bits per heavy atom. The molecule has 2 rings (SSSR count). The Hall–Kier alpha value is -0.340. The molecular weight excluding hydrogens is 214 g/mol. The molecule has 1 N–H and O–H groups in total. The summed E-state index contributed by atoms with van der Waals surface area (Å²) in [5, 5.41) is 3.61. The van der Waals surface area contributed by atoms with Crippen LogP contribution in [0.5, 0.6) is 0 Å². The fraction of sp³-hybridized carbons (Fsp3) is 0.714. The van der Waals surface area contributed by atoms with Gasteiger partial charge in [0.2, 0.25) is 0 Å². The van der Waals surface area contributed by atoms with Gasteiger partial charge in [0.15, 0.2) is 0 Å². The van der Waals surface area contributed by atoms with Gasteiger partial charge in [-0.15, -0.1) is 11.3 Å². The minimum Gasteiger partial charge on any atom is -0.314 e. The van der Waals surface area contributed by atoms with Gasteiger partial charge in [-0.25, -0.2) is 0 Å². The first kappa shape index (κ1) is 12.1. The topological polar surface area (TPSA) is 12.0 Å². The number of hydrogen-bond acceptors (Lipinski definition) is 2. The van der Waals surface area contributed by atoms with Gasteiger partial charge in [-0.3, -0.25) is 0 Å². The zero-order valence-corrected chi connectivity index (χ0v) is 11.3. The largest absolute Gasteiger partial charge is 0.314 e. The third-order valence-electron chi connectivity index (χ3n) is 3.28. The summed E-state index contributed by atoms with van der Waals surface area (Å²) in [5.74, 6) is 0.813. The zero-order valence-electron chi connectivity index (χ0n) is 10.5. The van der Waals surface area contributed by atoms with E-state index >= 15 is 0 Å². The van der Waals surface area contributed by atoms with Crippen molar-refractivity contribution in [1.82, 2.24) is 5.32 Å². The van der Waals surface area contributed by atoms with Crippen molar-refractivity contribution in [3.05, 3.63) is 21.9 Å². The molecule has 1 heterocycles. The normalized spacial score (nSPS) is 17.6. The average Bonchev–Trinajstić information content (AvgIpc) is 3.01. The van der Waals surface area contributed by atoms with Gasteiger partial charge in [0.1, 0.15) is 0 Å². The van der Waals surface area contributed by atoms with Crippen LogP contribution in [0.4, 0.5) is 0 Å². The Kier molecular flexibility index (Phi) is 4.42. The van der Waals surface area contributed by atoms with E-state index in [0.717, 1.165) is 12.0 Å². The van der Waals surface area contributed by atoms with Crippen molar-refractivity contribution in [2.24, 2.45) is 5.92 Å². The van der Waals surface area contributed by atoms with Crippen LogP contribution in [0.1, 0.15) is 42.9 Å². The highest BCUT2D eigenvalue weighted by Crippen LogP contribution is 2.21. The predicted octanol–water partition coefficient (Wildman–Crippen LogP) is 3.63. The van der Waals surface area contributed by atoms with Crippen molar-refractivity contribution in [3.8, 4) is 0 Å². The molecule has 16 heavy (non-hydrogen) atoms. The Labute approximate surface area is 103 Å². The maximum atomic E-state index is 3.61. The lowest BCUT2D eigenvalue weighted by Gasteiger charge is -2.11. The van der Waals surface area contributed by atoms with Gasteiger partial charge in [-0.1, -0.05) is 13.8 Å². The van der Waals surface area contributed by atoms with E-state index in [1.807, 2.05) is 11.3 Å². The minimum absolute atomic E-state index is 0.813. The van der Waals surface area contributed by atoms with Crippen molar-refractivity contribution in [3.63, 3.8) is 0 Å². The molecule has 1 fully saturated rings. The molecule has 1 nitrogen and oxygen atoms in total. The first-order chi connectivity index (χ1) is 7.78. The van der Waals surface area contributed by atoms with Crippen LogP contribution < -0.4 is 5.32 Å². The number of aryl methyl sites for hydroxylation is 2. The van der Waals surface area contributed by atoms with Crippen molar-refractivity contribution in [2.45, 2.75) is 52.0 Å². The summed E-state index contributed by atoms with van der Waals surface area (Å²) in [5.41, 5.74) is 0. The van der Waals surface area contributed by atoms with E-state index in [1.165, 1.54) is 43.5 Å². The maximum absolute atomic E-state index is 3.61. The summed E-state index contributed by atoms with van der Waals surface area (Å²) in [7, 11) is 0. The standard InChI is InChI=1S/C14H23NS/c1-3-13-8-9-14(16-13)7-4-11(2)10-15-12-5-6-12/h8-9,11-12,15H,3-7,10H2,1-2H3. The summed E-state index contributed by atoms with van der Waals surface area (Å²) in [6, 6.07) is 5.45. The highest BCUT2D eigenvalue weighted by Gasteiger charge is 2.20. The van der Waals surface area contributed by atoms with E-state index in [-0.39, 0.29) is 0 Å². The third-order valence-corrected chi connectivity index (χ3v) is 4.57. The Bertz CT molecular complexity index is 314. The van der Waals surface area contributed by atoms with E-state index in [1.54, 1.807) is 4.88 Å². The van der Waals surface area contributed by atoms with Crippen molar-refractivity contribution in [1.29, 1.82) is 0 Å². The van der Waals surface area contributed by atoms with Gasteiger partial charge >= 0.3 is 0 Å². The predicted molar refractivity (Wildman–Crippen MR) is 72.2 cm³/mol. The van der Waals surface area contributed by atoms with E-state index < -0.39 is 0 Å². The molecule has 2 heteroatoms. The lowest BCUT2D eigenvalue weighted by atomic mass is 10.1. The summed E-state index contributed by atoms with van der Waals surface area (Å²) in [4.78, 5) is 3.09. The molecule has 90 valence electrons. The van der Waals surface area contributed by atoms with E-state index in [4.69, 9.17) is 0 Å². The molecule has 1 unspecified atom stereocenters. The van der Waals surface area contributed by atoms with Crippen LogP contribution >= 0.6 is 11.3 Å². The summed E-state index contributed by atoms with van der Waals surface area (Å²) in [6.07, 6.45) is 6.57. The van der Waals surface area contributed by atoms with Crippen LogP contribution in [0.25, 0.3) is 0 Å². The molecule has 0 spiro atoms. The highest BCUT2D eigenvalue weighted by molar-refractivity contribution is 7.11. The quantitative estimate of drug-likeness (QED) is 0.763. The minimum atomic E-state index is 0.813. The number of nitrogens with one attached hydrogen (secondary N) is 1. The first-order valence-electron chi connectivity index (χ1n) is 6.59. The van der Waals surface area contributed by atoms with Crippen LogP contribution in [-0.2, 0) is 12.8 Å². The fourth-order valence-corrected chi connectivity index (χ4v) is 2.87. The average molecular weight is 237 g/mol. The van der Waals surface area contributed by atoms with Crippen molar-refractivity contribution in [2.75, 3.05) is 6.54 Å². The Morgan fingerprint density at radius 3 is 2.75 bits per heavy atom. The number of hydrogen-bond donors (Lipinski definition) is 1. The van der Waals surface area contributed by atoms with Crippen LogP contribution in [-0.4, -0.2) is 12.6 Å². The van der Waals surface area contributed by atoms with Gasteiger partial charge in [0, 0.05) is 15.8 Å². The number of thiophene rings is 1. The highest BCUT2D eigenvalue weighted by atomic mass is 32.1. The van der Waals surface area contributed by atoms with Crippen LogP contribution in [0.2, 0.25) is 0 Å². The molecule has 1 aliphatic rings. The second kappa shape index (κ2) is 5.83.